The standard InChI is InChI=1S/C12H15N3O/c1-16-8-10-3-2-4-11(5-10)15-9-14-7-12(15)6-13/h2-5,7,9H,6,8,13H2,1H3. The molecule has 0 saturated carbocycles. The molecule has 0 aliphatic heterocycles. The number of methoxy groups -OCH3 is 1. The molecule has 0 saturated heterocycles. The lowest BCUT2D eigenvalue weighted by Gasteiger charge is -2.08. The Morgan fingerprint density at radius 1 is 1.44 bits per heavy atom. The third kappa shape index (κ3) is 2.13. The Morgan fingerprint density at radius 3 is 3.06 bits per heavy atom. The van der Waals surface area contributed by atoms with E-state index in [1.807, 2.05) is 22.8 Å². The van der Waals surface area contributed by atoms with Crippen LogP contribution in [0.3, 0.4) is 0 Å². The van der Waals surface area contributed by atoms with Crippen LogP contribution in [0.1, 0.15) is 11.3 Å². The first kappa shape index (κ1) is 10.9. The second-order valence-corrected chi connectivity index (χ2v) is 3.56. The van der Waals surface area contributed by atoms with Gasteiger partial charge in [0.15, 0.2) is 0 Å². The summed E-state index contributed by atoms with van der Waals surface area (Å²) in [5.41, 5.74) is 8.84. The molecule has 1 aromatic carbocycles. The lowest BCUT2D eigenvalue weighted by molar-refractivity contribution is 0.185. The fourth-order valence-electron chi connectivity index (χ4n) is 1.67. The molecule has 2 N–H and O–H groups in total. The second-order valence-electron chi connectivity index (χ2n) is 3.56. The highest BCUT2D eigenvalue weighted by Gasteiger charge is 2.03. The summed E-state index contributed by atoms with van der Waals surface area (Å²) in [6, 6.07) is 8.14. The molecular formula is C12H15N3O. The number of aromatic nitrogens is 2. The Bertz CT molecular complexity index is 465. The predicted octanol–water partition coefficient (Wildman–Crippen LogP) is 1.48. The number of nitrogens with two attached hydrogens (primary N) is 1. The molecule has 0 bridgehead atoms. The Labute approximate surface area is 94.7 Å². The summed E-state index contributed by atoms with van der Waals surface area (Å²) in [5, 5.41) is 0. The van der Waals surface area contributed by atoms with Crippen LogP contribution in [0.4, 0.5) is 0 Å². The van der Waals surface area contributed by atoms with Crippen LogP contribution in [-0.2, 0) is 17.9 Å². The molecule has 0 atom stereocenters. The fraction of sp³-hybridized carbons (Fsp3) is 0.250. The molecule has 1 aromatic heterocycles. The van der Waals surface area contributed by atoms with Gasteiger partial charge in [0.05, 0.1) is 18.6 Å². The number of ether oxygens (including phenoxy) is 1. The Kier molecular flexibility index (Phi) is 3.34. The van der Waals surface area contributed by atoms with E-state index in [1.165, 1.54) is 0 Å². The first-order valence-electron chi connectivity index (χ1n) is 5.14. The minimum Gasteiger partial charge on any atom is -0.380 e. The predicted molar refractivity (Wildman–Crippen MR) is 62.2 cm³/mol. The van der Waals surface area contributed by atoms with Gasteiger partial charge >= 0.3 is 0 Å². The van der Waals surface area contributed by atoms with Gasteiger partial charge in [-0.2, -0.15) is 0 Å². The van der Waals surface area contributed by atoms with Crippen molar-refractivity contribution in [2.24, 2.45) is 5.73 Å². The van der Waals surface area contributed by atoms with Crippen molar-refractivity contribution in [3.05, 3.63) is 48.0 Å². The van der Waals surface area contributed by atoms with Crippen molar-refractivity contribution in [2.75, 3.05) is 7.11 Å². The van der Waals surface area contributed by atoms with Crippen LogP contribution < -0.4 is 5.73 Å². The normalized spacial score (nSPS) is 10.6. The summed E-state index contributed by atoms with van der Waals surface area (Å²) >= 11 is 0. The van der Waals surface area contributed by atoms with E-state index in [0.717, 1.165) is 16.9 Å². The van der Waals surface area contributed by atoms with Crippen LogP contribution in [-0.4, -0.2) is 16.7 Å². The van der Waals surface area contributed by atoms with Gasteiger partial charge in [-0.25, -0.2) is 4.98 Å². The number of rotatable bonds is 4. The molecule has 2 aromatic rings. The Hall–Kier alpha value is -1.65. The van der Waals surface area contributed by atoms with E-state index in [2.05, 4.69) is 11.1 Å². The van der Waals surface area contributed by atoms with Crippen LogP contribution in [0.15, 0.2) is 36.8 Å². The summed E-state index contributed by atoms with van der Waals surface area (Å²) in [7, 11) is 1.69. The molecule has 4 heteroatoms. The molecule has 0 radical (unpaired) electrons. The summed E-state index contributed by atoms with van der Waals surface area (Å²) in [5.74, 6) is 0. The van der Waals surface area contributed by atoms with Crippen LogP contribution in [0.5, 0.6) is 0 Å². The minimum atomic E-state index is 0.481. The molecule has 84 valence electrons. The van der Waals surface area contributed by atoms with Gasteiger partial charge in [-0.1, -0.05) is 12.1 Å². The zero-order valence-corrected chi connectivity index (χ0v) is 9.26. The highest BCUT2D eigenvalue weighted by atomic mass is 16.5. The number of hydrogen-bond donors (Lipinski definition) is 1. The first-order chi connectivity index (χ1) is 7.85. The summed E-state index contributed by atoms with van der Waals surface area (Å²) < 4.78 is 7.09. The van der Waals surface area contributed by atoms with Gasteiger partial charge in [0.1, 0.15) is 0 Å². The summed E-state index contributed by atoms with van der Waals surface area (Å²) in [4.78, 5) is 4.10. The van der Waals surface area contributed by atoms with Crippen LogP contribution in [0, 0.1) is 0 Å². The van der Waals surface area contributed by atoms with Crippen molar-refractivity contribution in [1.29, 1.82) is 0 Å². The SMILES string of the molecule is COCc1cccc(-n2cncc2CN)c1. The molecule has 2 rings (SSSR count). The average molecular weight is 217 g/mol. The van der Waals surface area contributed by atoms with E-state index in [0.29, 0.717) is 13.2 Å². The molecule has 1 heterocycles. The van der Waals surface area contributed by atoms with Gasteiger partial charge in [-0.05, 0) is 17.7 Å². The maximum absolute atomic E-state index is 5.64. The van der Waals surface area contributed by atoms with Crippen molar-refractivity contribution in [2.45, 2.75) is 13.2 Å². The number of benzene rings is 1. The highest BCUT2D eigenvalue weighted by Crippen LogP contribution is 2.13. The average Bonchev–Trinajstić information content (AvgIpc) is 2.78. The topological polar surface area (TPSA) is 53.1 Å². The van der Waals surface area contributed by atoms with Gasteiger partial charge in [0.2, 0.25) is 0 Å². The third-order valence-electron chi connectivity index (χ3n) is 2.42. The van der Waals surface area contributed by atoms with Crippen LogP contribution >= 0.6 is 0 Å². The van der Waals surface area contributed by atoms with Crippen molar-refractivity contribution in [3.63, 3.8) is 0 Å². The zero-order chi connectivity index (χ0) is 11.4. The Morgan fingerprint density at radius 2 is 2.31 bits per heavy atom. The first-order valence-corrected chi connectivity index (χ1v) is 5.14. The maximum atomic E-state index is 5.64. The molecule has 0 aliphatic rings. The van der Waals surface area contributed by atoms with E-state index in [4.69, 9.17) is 10.5 Å². The number of hydrogen-bond acceptors (Lipinski definition) is 3. The minimum absolute atomic E-state index is 0.481. The lowest BCUT2D eigenvalue weighted by Crippen LogP contribution is -2.04. The zero-order valence-electron chi connectivity index (χ0n) is 9.26. The quantitative estimate of drug-likeness (QED) is 0.844. The molecule has 0 fully saturated rings. The molecular weight excluding hydrogens is 202 g/mol. The second kappa shape index (κ2) is 4.92. The van der Waals surface area contributed by atoms with Crippen molar-refractivity contribution >= 4 is 0 Å². The van der Waals surface area contributed by atoms with Gasteiger partial charge in [0, 0.05) is 25.5 Å². The highest BCUT2D eigenvalue weighted by molar-refractivity contribution is 5.37. The lowest BCUT2D eigenvalue weighted by atomic mass is 10.2. The Balaban J connectivity index is 2.36. The number of imidazole rings is 1. The fourth-order valence-corrected chi connectivity index (χ4v) is 1.67. The third-order valence-corrected chi connectivity index (χ3v) is 2.42. The largest absolute Gasteiger partial charge is 0.380 e. The van der Waals surface area contributed by atoms with E-state index in [-0.39, 0.29) is 0 Å². The summed E-state index contributed by atoms with van der Waals surface area (Å²) in [6.45, 7) is 1.09. The van der Waals surface area contributed by atoms with E-state index >= 15 is 0 Å². The molecule has 0 amide bonds. The van der Waals surface area contributed by atoms with Crippen LogP contribution in [0.2, 0.25) is 0 Å². The van der Waals surface area contributed by atoms with Gasteiger partial charge in [-0.3, -0.25) is 0 Å². The molecule has 0 aliphatic carbocycles. The van der Waals surface area contributed by atoms with Crippen molar-refractivity contribution in [3.8, 4) is 5.69 Å². The molecule has 0 spiro atoms. The summed E-state index contributed by atoms with van der Waals surface area (Å²) in [6.07, 6.45) is 3.55. The molecule has 0 unspecified atom stereocenters. The van der Waals surface area contributed by atoms with Gasteiger partial charge in [-0.15, -0.1) is 0 Å². The van der Waals surface area contributed by atoms with Crippen molar-refractivity contribution < 1.29 is 4.74 Å². The smallest absolute Gasteiger partial charge is 0.0994 e. The van der Waals surface area contributed by atoms with E-state index in [9.17, 15) is 0 Å². The van der Waals surface area contributed by atoms with E-state index in [1.54, 1.807) is 19.6 Å². The van der Waals surface area contributed by atoms with Gasteiger partial charge < -0.3 is 15.0 Å². The molecule has 16 heavy (non-hydrogen) atoms. The maximum Gasteiger partial charge on any atom is 0.0994 e. The van der Waals surface area contributed by atoms with Crippen molar-refractivity contribution in [1.82, 2.24) is 9.55 Å². The van der Waals surface area contributed by atoms with Crippen LogP contribution in [0.25, 0.3) is 5.69 Å². The monoisotopic (exact) mass is 217 g/mol. The molecule has 4 nitrogen and oxygen atoms in total. The van der Waals surface area contributed by atoms with Gasteiger partial charge in [0.25, 0.3) is 0 Å². The van der Waals surface area contributed by atoms with E-state index < -0.39 is 0 Å². The number of nitrogens with zero attached hydrogens (tertiary/aromatic N) is 2.